The fraction of sp³-hybridized carbons (Fsp3) is 0.462. The lowest BCUT2D eigenvalue weighted by Crippen LogP contribution is -2.31. The van der Waals surface area contributed by atoms with Gasteiger partial charge in [0.2, 0.25) is 0 Å². The van der Waals surface area contributed by atoms with Crippen LogP contribution in [0.25, 0.3) is 0 Å². The lowest BCUT2D eigenvalue weighted by molar-refractivity contribution is -0.146. The Morgan fingerprint density at radius 2 is 2.22 bits per heavy atom. The summed E-state index contributed by atoms with van der Waals surface area (Å²) in [5, 5.41) is 0. The maximum Gasteiger partial charge on any atom is 0.325 e. The number of carbonyl (C=O) groups excluding carboxylic acids is 1. The van der Waals surface area contributed by atoms with Crippen molar-refractivity contribution in [3.8, 4) is 5.75 Å². The van der Waals surface area contributed by atoms with Crippen molar-refractivity contribution < 1.29 is 19.1 Å². The number of esters is 1. The van der Waals surface area contributed by atoms with Gasteiger partial charge >= 0.3 is 5.97 Å². The summed E-state index contributed by atoms with van der Waals surface area (Å²) in [4.78, 5) is 16.7. The molecule has 0 radical (unpaired) electrons. The second-order valence-electron chi connectivity index (χ2n) is 4.02. The molecule has 0 aromatic heterocycles. The van der Waals surface area contributed by atoms with Crippen molar-refractivity contribution in [1.82, 2.24) is 5.48 Å². The zero-order chi connectivity index (χ0) is 12.8. The van der Waals surface area contributed by atoms with Crippen LogP contribution in [0, 0.1) is 0 Å². The highest BCUT2D eigenvalue weighted by Crippen LogP contribution is 2.15. The number of carbonyl (C=O) groups is 1. The van der Waals surface area contributed by atoms with Gasteiger partial charge in [-0.25, -0.2) is 0 Å². The maximum absolute atomic E-state index is 11.5. The number of hydroxylamine groups is 1. The summed E-state index contributed by atoms with van der Waals surface area (Å²) in [7, 11) is 0. The number of ether oxygens (including phenoxy) is 2. The van der Waals surface area contributed by atoms with E-state index in [0.29, 0.717) is 19.6 Å². The van der Waals surface area contributed by atoms with Crippen LogP contribution in [0.5, 0.6) is 5.75 Å². The Hall–Kier alpha value is -1.59. The van der Waals surface area contributed by atoms with Crippen LogP contribution in [0.1, 0.15) is 13.3 Å². The van der Waals surface area contributed by atoms with Crippen molar-refractivity contribution in [2.75, 3.05) is 13.2 Å². The molecule has 1 aromatic carbocycles. The summed E-state index contributed by atoms with van der Waals surface area (Å²) in [5.41, 5.74) is 2.67. The second kappa shape index (κ2) is 6.37. The molecule has 1 fully saturated rings. The summed E-state index contributed by atoms with van der Waals surface area (Å²) < 4.78 is 10.5. The Morgan fingerprint density at radius 3 is 2.94 bits per heavy atom. The monoisotopic (exact) mass is 251 g/mol. The maximum atomic E-state index is 11.5. The summed E-state index contributed by atoms with van der Waals surface area (Å²) in [5.74, 6) is 0.514. The molecule has 5 heteroatoms. The van der Waals surface area contributed by atoms with Crippen molar-refractivity contribution in [1.29, 1.82) is 0 Å². The van der Waals surface area contributed by atoms with E-state index in [9.17, 15) is 4.79 Å². The lowest BCUT2D eigenvalue weighted by Gasteiger charge is -2.10. The summed E-state index contributed by atoms with van der Waals surface area (Å²) in [6.45, 7) is 2.57. The van der Waals surface area contributed by atoms with E-state index in [1.54, 1.807) is 6.92 Å². The Kier molecular flexibility index (Phi) is 4.55. The number of hydrogen-bond donors (Lipinski definition) is 1. The molecule has 1 aliphatic heterocycles. The van der Waals surface area contributed by atoms with Crippen molar-refractivity contribution in [2.45, 2.75) is 25.5 Å². The minimum atomic E-state index is -0.394. The van der Waals surface area contributed by atoms with Gasteiger partial charge < -0.3 is 9.47 Å². The molecule has 0 saturated carbocycles. The number of nitrogens with one attached hydrogen (secondary N) is 1. The average Bonchev–Trinajstić information content (AvgIpc) is 2.87. The van der Waals surface area contributed by atoms with Crippen LogP contribution >= 0.6 is 0 Å². The SMILES string of the molecule is CCOC(=O)C1CC(COc2ccccc2)ON1. The van der Waals surface area contributed by atoms with Crippen LogP contribution in [0.3, 0.4) is 0 Å². The first kappa shape index (κ1) is 12.9. The minimum Gasteiger partial charge on any atom is -0.491 e. The van der Waals surface area contributed by atoms with Gasteiger partial charge in [0.25, 0.3) is 0 Å². The van der Waals surface area contributed by atoms with Crippen molar-refractivity contribution in [2.24, 2.45) is 0 Å². The number of benzene rings is 1. The third kappa shape index (κ3) is 3.45. The van der Waals surface area contributed by atoms with E-state index in [1.807, 2.05) is 30.3 Å². The Labute approximate surface area is 106 Å². The lowest BCUT2D eigenvalue weighted by atomic mass is 10.1. The fourth-order valence-electron chi connectivity index (χ4n) is 1.73. The standard InChI is InChI=1S/C13H17NO4/c1-2-16-13(15)12-8-11(18-14-12)9-17-10-6-4-3-5-7-10/h3-7,11-12,14H,2,8-9H2,1H3. The molecule has 0 spiro atoms. The number of rotatable bonds is 5. The Morgan fingerprint density at radius 1 is 1.44 bits per heavy atom. The van der Waals surface area contributed by atoms with E-state index in [4.69, 9.17) is 14.3 Å². The molecule has 5 nitrogen and oxygen atoms in total. The van der Waals surface area contributed by atoms with Crippen molar-refractivity contribution in [3.63, 3.8) is 0 Å². The molecule has 1 heterocycles. The zero-order valence-electron chi connectivity index (χ0n) is 10.3. The van der Waals surface area contributed by atoms with E-state index in [2.05, 4.69) is 5.48 Å². The van der Waals surface area contributed by atoms with Crippen LogP contribution in [0.4, 0.5) is 0 Å². The topological polar surface area (TPSA) is 56.8 Å². The van der Waals surface area contributed by atoms with Crippen LogP contribution in [-0.2, 0) is 14.4 Å². The van der Waals surface area contributed by atoms with Crippen LogP contribution < -0.4 is 10.2 Å². The van der Waals surface area contributed by atoms with E-state index in [1.165, 1.54) is 0 Å². The van der Waals surface area contributed by atoms with Crippen LogP contribution in [-0.4, -0.2) is 31.3 Å². The smallest absolute Gasteiger partial charge is 0.325 e. The largest absolute Gasteiger partial charge is 0.491 e. The van der Waals surface area contributed by atoms with E-state index >= 15 is 0 Å². The van der Waals surface area contributed by atoms with Gasteiger partial charge in [-0.15, -0.1) is 0 Å². The van der Waals surface area contributed by atoms with E-state index < -0.39 is 6.04 Å². The molecule has 2 unspecified atom stereocenters. The third-order valence-corrected chi connectivity index (χ3v) is 2.63. The van der Waals surface area contributed by atoms with E-state index in [0.717, 1.165) is 5.75 Å². The van der Waals surface area contributed by atoms with Crippen molar-refractivity contribution >= 4 is 5.97 Å². The first-order chi connectivity index (χ1) is 8.79. The molecule has 2 atom stereocenters. The van der Waals surface area contributed by atoms with Gasteiger partial charge in [0.15, 0.2) is 0 Å². The predicted octanol–water partition coefficient (Wildman–Crippen LogP) is 1.29. The first-order valence-electron chi connectivity index (χ1n) is 6.05. The molecule has 2 rings (SSSR count). The molecular formula is C13H17NO4. The van der Waals surface area contributed by atoms with Crippen LogP contribution in [0.2, 0.25) is 0 Å². The van der Waals surface area contributed by atoms with Crippen molar-refractivity contribution in [3.05, 3.63) is 30.3 Å². The predicted molar refractivity (Wildman–Crippen MR) is 65.0 cm³/mol. The highest BCUT2D eigenvalue weighted by atomic mass is 16.7. The third-order valence-electron chi connectivity index (χ3n) is 2.63. The molecule has 0 bridgehead atoms. The summed E-state index contributed by atoms with van der Waals surface area (Å²) >= 11 is 0. The molecule has 1 aromatic rings. The fourth-order valence-corrected chi connectivity index (χ4v) is 1.73. The minimum absolute atomic E-state index is 0.139. The zero-order valence-corrected chi connectivity index (χ0v) is 10.3. The van der Waals surface area contributed by atoms with Gasteiger partial charge in [-0.05, 0) is 19.1 Å². The molecule has 1 N–H and O–H groups in total. The molecule has 98 valence electrons. The highest BCUT2D eigenvalue weighted by Gasteiger charge is 2.32. The number of para-hydroxylation sites is 1. The van der Waals surface area contributed by atoms with Crippen LogP contribution in [0.15, 0.2) is 30.3 Å². The Bertz CT molecular complexity index is 382. The van der Waals surface area contributed by atoms with Gasteiger partial charge in [-0.1, -0.05) is 18.2 Å². The molecule has 1 aliphatic rings. The molecular weight excluding hydrogens is 234 g/mol. The summed E-state index contributed by atoms with van der Waals surface area (Å²) in [6.07, 6.45) is 0.422. The molecule has 1 saturated heterocycles. The molecule has 0 amide bonds. The average molecular weight is 251 g/mol. The van der Waals surface area contributed by atoms with E-state index in [-0.39, 0.29) is 12.1 Å². The normalized spacial score (nSPS) is 22.7. The molecule has 18 heavy (non-hydrogen) atoms. The highest BCUT2D eigenvalue weighted by molar-refractivity contribution is 5.75. The first-order valence-corrected chi connectivity index (χ1v) is 6.05. The summed E-state index contributed by atoms with van der Waals surface area (Å²) in [6, 6.07) is 9.11. The Balaban J connectivity index is 1.74. The quantitative estimate of drug-likeness (QED) is 0.799. The van der Waals surface area contributed by atoms with Gasteiger partial charge in [0, 0.05) is 6.42 Å². The van der Waals surface area contributed by atoms with Gasteiger partial charge in [0.05, 0.1) is 6.61 Å². The van der Waals surface area contributed by atoms with Gasteiger partial charge in [-0.3, -0.25) is 9.63 Å². The number of hydrogen-bond acceptors (Lipinski definition) is 5. The second-order valence-corrected chi connectivity index (χ2v) is 4.02. The van der Waals surface area contributed by atoms with Gasteiger partial charge in [-0.2, -0.15) is 5.48 Å². The molecule has 0 aliphatic carbocycles. The van der Waals surface area contributed by atoms with Gasteiger partial charge in [0.1, 0.15) is 24.5 Å².